The molecule has 0 aliphatic heterocycles. The first-order valence-corrected chi connectivity index (χ1v) is 8.98. The van der Waals surface area contributed by atoms with E-state index in [1.54, 1.807) is 0 Å². The van der Waals surface area contributed by atoms with E-state index in [-0.39, 0.29) is 36.7 Å². The van der Waals surface area contributed by atoms with Crippen molar-refractivity contribution in [3.63, 3.8) is 0 Å². The summed E-state index contributed by atoms with van der Waals surface area (Å²) in [6.45, 7) is 7.98. The lowest BCUT2D eigenvalue weighted by molar-refractivity contribution is -0.124. The number of amides is 2. The molecule has 2 atom stereocenters. The largest absolute Gasteiger partial charge is 0.350 e. The number of benzene rings is 1. The molecule has 1 rings (SSSR count). The number of carbonyl (C=O) groups is 2. The quantitative estimate of drug-likeness (QED) is 0.587. The standard InChI is InChI=1S/C18H28BrN3O2.ClH/c1-12(2)10-18(4,11-20)22-17(24)9-16(21-13(3)23)14-5-7-15(19)8-6-14;/h5-8,12,16H,9-11,20H2,1-4H3,(H,21,23)(H,22,24);1H. The number of carbonyl (C=O) groups excluding carboxylic acids is 2. The molecule has 0 aliphatic rings. The number of hydrogen-bond donors (Lipinski definition) is 3. The van der Waals surface area contributed by atoms with E-state index in [2.05, 4.69) is 40.4 Å². The SMILES string of the molecule is CC(=O)NC(CC(=O)NC(C)(CN)CC(C)C)c1ccc(Br)cc1.Cl. The van der Waals surface area contributed by atoms with Crippen LogP contribution in [-0.2, 0) is 9.59 Å². The third-order valence-corrected chi connectivity index (χ3v) is 4.32. The van der Waals surface area contributed by atoms with Crippen molar-refractivity contribution in [1.29, 1.82) is 0 Å². The minimum absolute atomic E-state index is 0. The first-order chi connectivity index (χ1) is 11.1. The highest BCUT2D eigenvalue weighted by Gasteiger charge is 2.27. The average molecular weight is 435 g/mol. The van der Waals surface area contributed by atoms with Crippen LogP contribution in [-0.4, -0.2) is 23.9 Å². The summed E-state index contributed by atoms with van der Waals surface area (Å²) in [5.41, 5.74) is 6.31. The van der Waals surface area contributed by atoms with Crippen molar-refractivity contribution in [3.8, 4) is 0 Å². The van der Waals surface area contributed by atoms with Crippen molar-refractivity contribution < 1.29 is 9.59 Å². The van der Waals surface area contributed by atoms with Crippen LogP contribution in [0.2, 0.25) is 0 Å². The van der Waals surface area contributed by atoms with E-state index < -0.39 is 5.54 Å². The molecule has 4 N–H and O–H groups in total. The van der Waals surface area contributed by atoms with Crippen LogP contribution in [0, 0.1) is 5.92 Å². The van der Waals surface area contributed by atoms with Gasteiger partial charge in [0.05, 0.1) is 12.5 Å². The van der Waals surface area contributed by atoms with Gasteiger partial charge in [0.15, 0.2) is 0 Å². The van der Waals surface area contributed by atoms with Crippen molar-refractivity contribution in [1.82, 2.24) is 10.6 Å². The molecule has 0 aliphatic carbocycles. The second-order valence-corrected chi connectivity index (χ2v) is 7.84. The van der Waals surface area contributed by atoms with E-state index in [4.69, 9.17) is 5.73 Å². The Morgan fingerprint density at radius 1 is 1.24 bits per heavy atom. The molecule has 0 radical (unpaired) electrons. The molecular formula is C18H29BrClN3O2. The fraction of sp³-hybridized carbons (Fsp3) is 0.556. The van der Waals surface area contributed by atoms with Gasteiger partial charge in [-0.05, 0) is 37.0 Å². The summed E-state index contributed by atoms with van der Waals surface area (Å²) in [5.74, 6) is 0.140. The van der Waals surface area contributed by atoms with Crippen LogP contribution in [0.4, 0.5) is 0 Å². The highest BCUT2D eigenvalue weighted by atomic mass is 79.9. The second-order valence-electron chi connectivity index (χ2n) is 6.92. The van der Waals surface area contributed by atoms with E-state index in [0.29, 0.717) is 12.5 Å². The maximum atomic E-state index is 12.5. The van der Waals surface area contributed by atoms with Gasteiger partial charge >= 0.3 is 0 Å². The summed E-state index contributed by atoms with van der Waals surface area (Å²) < 4.78 is 0.949. The van der Waals surface area contributed by atoms with Gasteiger partial charge in [-0.1, -0.05) is 41.9 Å². The number of nitrogens with two attached hydrogens (primary N) is 1. The molecule has 0 heterocycles. The fourth-order valence-electron chi connectivity index (χ4n) is 2.85. The van der Waals surface area contributed by atoms with Crippen molar-refractivity contribution in [2.75, 3.05) is 6.54 Å². The van der Waals surface area contributed by atoms with Crippen LogP contribution >= 0.6 is 28.3 Å². The van der Waals surface area contributed by atoms with Crippen LogP contribution in [0.5, 0.6) is 0 Å². The maximum absolute atomic E-state index is 12.5. The fourth-order valence-corrected chi connectivity index (χ4v) is 3.12. The van der Waals surface area contributed by atoms with E-state index in [0.717, 1.165) is 16.5 Å². The topological polar surface area (TPSA) is 84.2 Å². The molecule has 0 saturated heterocycles. The van der Waals surface area contributed by atoms with Crippen LogP contribution in [0.1, 0.15) is 52.1 Å². The molecule has 7 heteroatoms. The van der Waals surface area contributed by atoms with Gasteiger partial charge in [0.1, 0.15) is 0 Å². The van der Waals surface area contributed by atoms with Crippen LogP contribution in [0.15, 0.2) is 28.7 Å². The predicted octanol–water partition coefficient (Wildman–Crippen LogP) is 3.32. The van der Waals surface area contributed by atoms with E-state index in [1.807, 2.05) is 31.2 Å². The summed E-state index contributed by atoms with van der Waals surface area (Å²) in [6.07, 6.45) is 0.979. The van der Waals surface area contributed by atoms with Crippen LogP contribution in [0.25, 0.3) is 0 Å². The molecule has 0 aromatic heterocycles. The average Bonchev–Trinajstić information content (AvgIpc) is 2.45. The third kappa shape index (κ3) is 8.70. The summed E-state index contributed by atoms with van der Waals surface area (Å²) >= 11 is 3.39. The monoisotopic (exact) mass is 433 g/mol. The van der Waals surface area contributed by atoms with E-state index in [9.17, 15) is 9.59 Å². The van der Waals surface area contributed by atoms with Gasteiger partial charge in [0.25, 0.3) is 0 Å². The normalized spacial score (nSPS) is 14.2. The molecule has 0 spiro atoms. The van der Waals surface area contributed by atoms with Gasteiger partial charge in [-0.25, -0.2) is 0 Å². The van der Waals surface area contributed by atoms with Gasteiger partial charge in [0.2, 0.25) is 11.8 Å². The first kappa shape index (κ1) is 23.9. The van der Waals surface area contributed by atoms with Crippen molar-refractivity contribution in [2.45, 2.75) is 52.1 Å². The summed E-state index contributed by atoms with van der Waals surface area (Å²) in [6, 6.07) is 7.22. The number of rotatable bonds is 8. The summed E-state index contributed by atoms with van der Waals surface area (Å²) in [7, 11) is 0. The van der Waals surface area contributed by atoms with Crippen LogP contribution in [0.3, 0.4) is 0 Å². The smallest absolute Gasteiger partial charge is 0.222 e. The Kier molecular flexibility index (Phi) is 10.3. The highest BCUT2D eigenvalue weighted by Crippen LogP contribution is 2.21. The van der Waals surface area contributed by atoms with Crippen LogP contribution < -0.4 is 16.4 Å². The van der Waals surface area contributed by atoms with Gasteiger partial charge in [-0.3, -0.25) is 9.59 Å². The molecular weight excluding hydrogens is 406 g/mol. The van der Waals surface area contributed by atoms with Gasteiger partial charge in [-0.2, -0.15) is 0 Å². The van der Waals surface area contributed by atoms with Gasteiger partial charge < -0.3 is 16.4 Å². The molecule has 5 nitrogen and oxygen atoms in total. The molecule has 0 saturated carbocycles. The zero-order valence-electron chi connectivity index (χ0n) is 15.3. The molecule has 0 fully saturated rings. The molecule has 1 aromatic rings. The molecule has 1 aromatic carbocycles. The first-order valence-electron chi connectivity index (χ1n) is 8.19. The predicted molar refractivity (Wildman–Crippen MR) is 108 cm³/mol. The van der Waals surface area contributed by atoms with E-state index in [1.165, 1.54) is 6.92 Å². The second kappa shape index (κ2) is 10.8. The summed E-state index contributed by atoms with van der Waals surface area (Å²) in [5, 5.41) is 5.88. The minimum Gasteiger partial charge on any atom is -0.350 e. The Morgan fingerprint density at radius 3 is 2.24 bits per heavy atom. The Labute approximate surface area is 165 Å². The third-order valence-electron chi connectivity index (χ3n) is 3.79. The lowest BCUT2D eigenvalue weighted by Gasteiger charge is -2.32. The maximum Gasteiger partial charge on any atom is 0.222 e. The lowest BCUT2D eigenvalue weighted by Crippen LogP contribution is -2.52. The molecule has 25 heavy (non-hydrogen) atoms. The molecule has 0 bridgehead atoms. The van der Waals surface area contributed by atoms with Gasteiger partial charge in [0, 0.05) is 23.5 Å². The Bertz CT molecular complexity index is 566. The molecule has 142 valence electrons. The highest BCUT2D eigenvalue weighted by molar-refractivity contribution is 9.10. The Balaban J connectivity index is 0.00000576. The van der Waals surface area contributed by atoms with E-state index >= 15 is 0 Å². The Morgan fingerprint density at radius 2 is 1.80 bits per heavy atom. The number of halogens is 2. The zero-order valence-corrected chi connectivity index (χ0v) is 17.7. The zero-order chi connectivity index (χ0) is 18.3. The minimum atomic E-state index is -0.439. The number of hydrogen-bond acceptors (Lipinski definition) is 3. The molecule has 2 unspecified atom stereocenters. The van der Waals surface area contributed by atoms with Crippen molar-refractivity contribution in [3.05, 3.63) is 34.3 Å². The molecule has 2 amide bonds. The van der Waals surface area contributed by atoms with Crippen molar-refractivity contribution in [2.24, 2.45) is 11.7 Å². The summed E-state index contributed by atoms with van der Waals surface area (Å²) in [4.78, 5) is 24.0. The van der Waals surface area contributed by atoms with Gasteiger partial charge in [-0.15, -0.1) is 12.4 Å². The lowest BCUT2D eigenvalue weighted by atomic mass is 9.90. The van der Waals surface area contributed by atoms with Crippen molar-refractivity contribution >= 4 is 40.2 Å². The number of nitrogens with one attached hydrogen (secondary N) is 2. The Hall–Kier alpha value is -1.11.